The number of nitrogen functional groups attached to an aromatic ring is 1. The molecular formula is C15H13Cl2FN2O. The number of hydrogen-bond donors (Lipinski definition) is 2. The highest BCUT2D eigenvalue weighted by molar-refractivity contribution is 6.43. The molecule has 0 radical (unpaired) electrons. The van der Waals surface area contributed by atoms with Gasteiger partial charge in [-0.2, -0.15) is 0 Å². The SMILES string of the molecule is Nc1cc(C(=O)NCCc2cccc(F)c2)cc(Cl)c1Cl. The fraction of sp³-hybridized carbons (Fsp3) is 0.133. The van der Waals surface area contributed by atoms with Crippen LogP contribution in [0.3, 0.4) is 0 Å². The molecule has 0 bridgehead atoms. The third-order valence-corrected chi connectivity index (χ3v) is 3.72. The Hall–Kier alpha value is -1.78. The Bertz CT molecular complexity index is 653. The second kappa shape index (κ2) is 6.78. The minimum atomic E-state index is -0.309. The van der Waals surface area contributed by atoms with Crippen LogP contribution in [0.15, 0.2) is 36.4 Å². The van der Waals surface area contributed by atoms with E-state index in [1.54, 1.807) is 12.1 Å². The molecule has 2 aromatic carbocycles. The van der Waals surface area contributed by atoms with E-state index in [-0.39, 0.29) is 27.5 Å². The van der Waals surface area contributed by atoms with E-state index in [2.05, 4.69) is 5.32 Å². The molecule has 2 rings (SSSR count). The summed E-state index contributed by atoms with van der Waals surface area (Å²) in [6, 6.07) is 9.16. The maximum atomic E-state index is 13.0. The third kappa shape index (κ3) is 4.09. The van der Waals surface area contributed by atoms with Gasteiger partial charge in [-0.25, -0.2) is 4.39 Å². The number of hydrogen-bond acceptors (Lipinski definition) is 2. The number of anilines is 1. The number of benzene rings is 2. The minimum absolute atomic E-state index is 0.229. The van der Waals surface area contributed by atoms with Crippen LogP contribution in [0.25, 0.3) is 0 Å². The van der Waals surface area contributed by atoms with Crippen LogP contribution < -0.4 is 11.1 Å². The topological polar surface area (TPSA) is 55.1 Å². The number of nitrogens with two attached hydrogens (primary N) is 1. The molecule has 2 aromatic rings. The van der Waals surface area contributed by atoms with Crippen molar-refractivity contribution in [1.29, 1.82) is 0 Å². The number of carbonyl (C=O) groups is 1. The van der Waals surface area contributed by atoms with Crippen LogP contribution in [0.5, 0.6) is 0 Å². The maximum absolute atomic E-state index is 13.0. The molecule has 1 amide bonds. The van der Waals surface area contributed by atoms with Gasteiger partial charge in [0.2, 0.25) is 0 Å². The van der Waals surface area contributed by atoms with Crippen molar-refractivity contribution >= 4 is 34.8 Å². The smallest absolute Gasteiger partial charge is 0.251 e. The Labute approximate surface area is 131 Å². The first-order valence-electron chi connectivity index (χ1n) is 6.24. The van der Waals surface area contributed by atoms with E-state index in [1.165, 1.54) is 24.3 Å². The predicted octanol–water partition coefficient (Wildman–Crippen LogP) is 3.69. The Morgan fingerprint density at radius 3 is 2.67 bits per heavy atom. The lowest BCUT2D eigenvalue weighted by molar-refractivity contribution is 0.0954. The van der Waals surface area contributed by atoms with Gasteiger partial charge in [-0.1, -0.05) is 35.3 Å². The molecule has 3 N–H and O–H groups in total. The van der Waals surface area contributed by atoms with Crippen molar-refractivity contribution in [1.82, 2.24) is 5.32 Å². The van der Waals surface area contributed by atoms with E-state index in [0.717, 1.165) is 5.56 Å². The van der Waals surface area contributed by atoms with Crippen LogP contribution in [-0.2, 0) is 6.42 Å². The molecule has 21 heavy (non-hydrogen) atoms. The lowest BCUT2D eigenvalue weighted by atomic mass is 10.1. The number of carbonyl (C=O) groups excluding carboxylic acids is 1. The van der Waals surface area contributed by atoms with E-state index in [0.29, 0.717) is 18.5 Å². The summed E-state index contributed by atoms with van der Waals surface area (Å²) in [6.07, 6.45) is 0.528. The Morgan fingerprint density at radius 2 is 2.00 bits per heavy atom. The number of rotatable bonds is 4. The van der Waals surface area contributed by atoms with Crippen molar-refractivity contribution in [2.24, 2.45) is 0 Å². The van der Waals surface area contributed by atoms with Gasteiger partial charge in [-0.15, -0.1) is 0 Å². The first-order chi connectivity index (χ1) is 9.97. The fourth-order valence-corrected chi connectivity index (χ4v) is 2.19. The molecule has 0 aliphatic carbocycles. The predicted molar refractivity (Wildman–Crippen MR) is 83.3 cm³/mol. The van der Waals surface area contributed by atoms with Gasteiger partial charge in [-0.05, 0) is 36.2 Å². The third-order valence-electron chi connectivity index (χ3n) is 2.91. The van der Waals surface area contributed by atoms with Crippen molar-refractivity contribution in [3.8, 4) is 0 Å². The molecule has 0 aliphatic rings. The summed E-state index contributed by atoms with van der Waals surface area (Å²) in [5.74, 6) is -0.604. The highest BCUT2D eigenvalue weighted by Gasteiger charge is 2.10. The molecule has 3 nitrogen and oxygen atoms in total. The lowest BCUT2D eigenvalue weighted by Crippen LogP contribution is -2.25. The molecule has 0 aromatic heterocycles. The minimum Gasteiger partial charge on any atom is -0.397 e. The van der Waals surface area contributed by atoms with Crippen LogP contribution in [0.4, 0.5) is 10.1 Å². The molecule has 0 aliphatic heterocycles. The Balaban J connectivity index is 1.96. The van der Waals surface area contributed by atoms with E-state index < -0.39 is 0 Å². The van der Waals surface area contributed by atoms with Gasteiger partial charge in [-0.3, -0.25) is 4.79 Å². The second-order valence-corrected chi connectivity index (χ2v) is 5.28. The van der Waals surface area contributed by atoms with Gasteiger partial charge in [0.25, 0.3) is 5.91 Å². The zero-order valence-electron chi connectivity index (χ0n) is 11.0. The second-order valence-electron chi connectivity index (χ2n) is 4.50. The van der Waals surface area contributed by atoms with E-state index in [1.807, 2.05) is 0 Å². The zero-order valence-corrected chi connectivity index (χ0v) is 12.5. The monoisotopic (exact) mass is 326 g/mol. The molecule has 110 valence electrons. The number of nitrogens with one attached hydrogen (secondary N) is 1. The molecular weight excluding hydrogens is 314 g/mol. The Kier molecular flexibility index (Phi) is 5.04. The largest absolute Gasteiger partial charge is 0.397 e. The van der Waals surface area contributed by atoms with Gasteiger partial charge in [0.05, 0.1) is 15.7 Å². The van der Waals surface area contributed by atoms with Crippen LogP contribution in [0.1, 0.15) is 15.9 Å². The highest BCUT2D eigenvalue weighted by atomic mass is 35.5. The standard InChI is InChI=1S/C15H13Cl2FN2O/c16-12-7-10(8-13(19)14(12)17)15(21)20-5-4-9-2-1-3-11(18)6-9/h1-3,6-8H,4-5,19H2,(H,20,21). The van der Waals surface area contributed by atoms with Crippen LogP contribution >= 0.6 is 23.2 Å². The van der Waals surface area contributed by atoms with E-state index >= 15 is 0 Å². The van der Waals surface area contributed by atoms with Gasteiger partial charge in [0.1, 0.15) is 5.82 Å². The van der Waals surface area contributed by atoms with Crippen molar-refractivity contribution < 1.29 is 9.18 Å². The molecule has 0 saturated heterocycles. The highest BCUT2D eigenvalue weighted by Crippen LogP contribution is 2.29. The average molecular weight is 327 g/mol. The fourth-order valence-electron chi connectivity index (χ4n) is 1.86. The summed E-state index contributed by atoms with van der Waals surface area (Å²) < 4.78 is 13.0. The molecule has 0 fully saturated rings. The molecule has 6 heteroatoms. The average Bonchev–Trinajstić information content (AvgIpc) is 2.44. The summed E-state index contributed by atoms with van der Waals surface area (Å²) in [5, 5.41) is 3.18. The quantitative estimate of drug-likeness (QED) is 0.842. The first kappa shape index (κ1) is 15.6. The van der Waals surface area contributed by atoms with Crippen molar-refractivity contribution in [3.05, 3.63) is 63.4 Å². The normalized spacial score (nSPS) is 10.4. The Morgan fingerprint density at radius 1 is 1.24 bits per heavy atom. The van der Waals surface area contributed by atoms with Gasteiger partial charge >= 0.3 is 0 Å². The van der Waals surface area contributed by atoms with Crippen LogP contribution in [-0.4, -0.2) is 12.5 Å². The van der Waals surface area contributed by atoms with E-state index in [9.17, 15) is 9.18 Å². The zero-order chi connectivity index (χ0) is 15.4. The van der Waals surface area contributed by atoms with Crippen molar-refractivity contribution in [3.63, 3.8) is 0 Å². The van der Waals surface area contributed by atoms with Gasteiger partial charge < -0.3 is 11.1 Å². The van der Waals surface area contributed by atoms with E-state index in [4.69, 9.17) is 28.9 Å². The number of amides is 1. The summed E-state index contributed by atoms with van der Waals surface area (Å²) >= 11 is 11.7. The van der Waals surface area contributed by atoms with Crippen LogP contribution in [0.2, 0.25) is 10.0 Å². The molecule has 0 heterocycles. The summed E-state index contributed by atoms with van der Waals surface area (Å²) in [5.41, 5.74) is 7.05. The summed E-state index contributed by atoms with van der Waals surface area (Å²) in [6.45, 7) is 0.377. The van der Waals surface area contributed by atoms with Gasteiger partial charge in [0.15, 0.2) is 0 Å². The molecule has 0 spiro atoms. The summed E-state index contributed by atoms with van der Waals surface area (Å²) in [7, 11) is 0. The molecule has 0 saturated carbocycles. The number of halogens is 3. The summed E-state index contributed by atoms with van der Waals surface area (Å²) in [4.78, 5) is 12.0. The molecule has 0 atom stereocenters. The maximum Gasteiger partial charge on any atom is 0.251 e. The first-order valence-corrected chi connectivity index (χ1v) is 7.00. The molecule has 0 unspecified atom stereocenters. The van der Waals surface area contributed by atoms with Crippen LogP contribution in [0, 0.1) is 5.82 Å². The van der Waals surface area contributed by atoms with Crippen molar-refractivity contribution in [2.45, 2.75) is 6.42 Å². The lowest BCUT2D eigenvalue weighted by Gasteiger charge is -2.08. The van der Waals surface area contributed by atoms with Crippen molar-refractivity contribution in [2.75, 3.05) is 12.3 Å². The van der Waals surface area contributed by atoms with Gasteiger partial charge in [0, 0.05) is 12.1 Å².